The van der Waals surface area contributed by atoms with E-state index in [0.29, 0.717) is 5.75 Å². The molecule has 112 valence electrons. The Kier molecular flexibility index (Phi) is 6.08. The van der Waals surface area contributed by atoms with Crippen LogP contribution in [0.4, 0.5) is 0 Å². The number of benzene rings is 1. The first-order chi connectivity index (χ1) is 9.32. The molecular formula is C16H26N2OS. The summed E-state index contributed by atoms with van der Waals surface area (Å²) in [6.07, 6.45) is 0.960. The molecule has 0 saturated heterocycles. The molecule has 0 heterocycles. The van der Waals surface area contributed by atoms with Crippen molar-refractivity contribution in [2.24, 2.45) is 5.73 Å². The minimum absolute atomic E-state index is 0.0867. The fourth-order valence-electron chi connectivity index (χ4n) is 1.92. The maximum absolute atomic E-state index is 12.2. The second kappa shape index (κ2) is 7.14. The molecule has 0 saturated carbocycles. The van der Waals surface area contributed by atoms with Gasteiger partial charge in [-0.2, -0.15) is 11.8 Å². The van der Waals surface area contributed by atoms with E-state index in [1.54, 1.807) is 11.8 Å². The quantitative estimate of drug-likeness (QED) is 0.813. The first-order valence-corrected chi connectivity index (χ1v) is 8.05. The van der Waals surface area contributed by atoms with E-state index in [1.807, 2.05) is 30.3 Å². The highest BCUT2D eigenvalue weighted by atomic mass is 32.2. The van der Waals surface area contributed by atoms with Gasteiger partial charge in [0.15, 0.2) is 0 Å². The van der Waals surface area contributed by atoms with Gasteiger partial charge in [-0.3, -0.25) is 10.1 Å². The summed E-state index contributed by atoms with van der Waals surface area (Å²) < 4.78 is 0.0867. The summed E-state index contributed by atoms with van der Waals surface area (Å²) in [6, 6.07) is 9.78. The molecule has 0 fully saturated rings. The molecule has 3 nitrogen and oxygen atoms in total. The Hall–Kier alpha value is -1.00. The third-order valence-electron chi connectivity index (χ3n) is 3.09. The van der Waals surface area contributed by atoms with Crippen LogP contribution in [0.15, 0.2) is 30.3 Å². The molecule has 4 heteroatoms. The van der Waals surface area contributed by atoms with Gasteiger partial charge in [0.05, 0.1) is 0 Å². The van der Waals surface area contributed by atoms with Gasteiger partial charge in [-0.15, -0.1) is 0 Å². The lowest BCUT2D eigenvalue weighted by Gasteiger charge is -2.34. The Morgan fingerprint density at radius 2 is 1.85 bits per heavy atom. The molecule has 0 aliphatic heterocycles. The van der Waals surface area contributed by atoms with Crippen LogP contribution >= 0.6 is 11.8 Å². The van der Waals surface area contributed by atoms with Crippen LogP contribution in [0.25, 0.3) is 0 Å². The molecule has 0 aliphatic rings. The molecule has 1 rings (SSSR count). The van der Waals surface area contributed by atoms with Gasteiger partial charge in [-0.05, 0) is 18.5 Å². The largest absolute Gasteiger partial charge is 0.368 e. The van der Waals surface area contributed by atoms with E-state index >= 15 is 0 Å². The molecule has 20 heavy (non-hydrogen) atoms. The summed E-state index contributed by atoms with van der Waals surface area (Å²) in [5.74, 6) is 0.324. The summed E-state index contributed by atoms with van der Waals surface area (Å²) in [5, 5.41) is 3.38. The van der Waals surface area contributed by atoms with Crippen LogP contribution in [0.1, 0.15) is 39.7 Å². The lowest BCUT2D eigenvalue weighted by atomic mass is 9.91. The summed E-state index contributed by atoms with van der Waals surface area (Å²) in [4.78, 5) is 12.2. The third-order valence-corrected chi connectivity index (χ3v) is 4.53. The Morgan fingerprint density at radius 1 is 1.25 bits per heavy atom. The minimum atomic E-state index is -0.796. The zero-order chi connectivity index (χ0) is 15.2. The standard InChI is InChI=1S/C16H26N2OS/c1-5-11-18-16(14(17)19,12-20-15(2,3)4)13-9-7-6-8-10-13/h6-10,18H,5,11-12H2,1-4H3,(H2,17,19). The number of rotatable bonds is 7. The van der Waals surface area contributed by atoms with Crippen LogP contribution in [0.2, 0.25) is 0 Å². The van der Waals surface area contributed by atoms with E-state index in [-0.39, 0.29) is 10.7 Å². The summed E-state index contributed by atoms with van der Waals surface area (Å²) in [5.41, 5.74) is 5.90. The summed E-state index contributed by atoms with van der Waals surface area (Å²) >= 11 is 1.75. The number of hydrogen-bond acceptors (Lipinski definition) is 3. The van der Waals surface area contributed by atoms with Gasteiger partial charge < -0.3 is 5.73 Å². The van der Waals surface area contributed by atoms with Crippen molar-refractivity contribution in [3.8, 4) is 0 Å². The maximum Gasteiger partial charge on any atom is 0.243 e. The number of primary amides is 1. The molecule has 1 aromatic carbocycles. The highest BCUT2D eigenvalue weighted by molar-refractivity contribution is 8.00. The van der Waals surface area contributed by atoms with Crippen molar-refractivity contribution >= 4 is 17.7 Å². The Balaban J connectivity index is 3.11. The van der Waals surface area contributed by atoms with E-state index in [0.717, 1.165) is 18.5 Å². The Labute approximate surface area is 126 Å². The van der Waals surface area contributed by atoms with Gasteiger partial charge in [-0.1, -0.05) is 58.0 Å². The fraction of sp³-hybridized carbons (Fsp3) is 0.562. The maximum atomic E-state index is 12.2. The molecule has 0 spiro atoms. The number of carbonyl (C=O) groups excluding carboxylic acids is 1. The predicted molar refractivity (Wildman–Crippen MR) is 87.8 cm³/mol. The van der Waals surface area contributed by atoms with Crippen LogP contribution in [0, 0.1) is 0 Å². The first kappa shape index (κ1) is 17.1. The van der Waals surface area contributed by atoms with Crippen molar-refractivity contribution in [1.29, 1.82) is 0 Å². The first-order valence-electron chi connectivity index (χ1n) is 7.06. The second-order valence-electron chi connectivity index (χ2n) is 5.96. The van der Waals surface area contributed by atoms with E-state index in [9.17, 15) is 4.79 Å². The summed E-state index contributed by atoms with van der Waals surface area (Å²) in [6.45, 7) is 9.29. The molecule has 0 bridgehead atoms. The van der Waals surface area contributed by atoms with Gasteiger partial charge in [0.25, 0.3) is 0 Å². The average molecular weight is 294 g/mol. The summed E-state index contributed by atoms with van der Waals surface area (Å²) in [7, 11) is 0. The lowest BCUT2D eigenvalue weighted by Crippen LogP contribution is -2.55. The molecule has 0 aliphatic carbocycles. The van der Waals surface area contributed by atoms with Crippen LogP contribution in [0.3, 0.4) is 0 Å². The van der Waals surface area contributed by atoms with Crippen LogP contribution < -0.4 is 11.1 Å². The minimum Gasteiger partial charge on any atom is -0.368 e. The average Bonchev–Trinajstić information content (AvgIpc) is 2.39. The van der Waals surface area contributed by atoms with E-state index in [1.165, 1.54) is 0 Å². The normalized spacial score (nSPS) is 14.8. The van der Waals surface area contributed by atoms with Crippen LogP contribution in [-0.4, -0.2) is 23.0 Å². The molecule has 1 unspecified atom stereocenters. The number of carbonyl (C=O) groups is 1. The third kappa shape index (κ3) is 4.53. The molecule has 3 N–H and O–H groups in total. The van der Waals surface area contributed by atoms with Gasteiger partial charge in [0, 0.05) is 10.5 Å². The highest BCUT2D eigenvalue weighted by Crippen LogP contribution is 2.32. The van der Waals surface area contributed by atoms with Crippen LogP contribution in [-0.2, 0) is 10.3 Å². The van der Waals surface area contributed by atoms with Gasteiger partial charge >= 0.3 is 0 Å². The lowest BCUT2D eigenvalue weighted by molar-refractivity contribution is -0.123. The predicted octanol–water partition coefficient (Wildman–Crippen LogP) is 2.90. The van der Waals surface area contributed by atoms with Gasteiger partial charge in [0.2, 0.25) is 5.91 Å². The smallest absolute Gasteiger partial charge is 0.243 e. The molecule has 1 aromatic rings. The van der Waals surface area contributed by atoms with Crippen molar-refractivity contribution in [2.45, 2.75) is 44.4 Å². The Morgan fingerprint density at radius 3 is 2.30 bits per heavy atom. The highest BCUT2D eigenvalue weighted by Gasteiger charge is 2.38. The van der Waals surface area contributed by atoms with Crippen molar-refractivity contribution < 1.29 is 4.79 Å². The number of hydrogen-bond donors (Lipinski definition) is 2. The SMILES string of the molecule is CCCNC(CSC(C)(C)C)(C(N)=O)c1ccccc1. The van der Waals surface area contributed by atoms with Crippen molar-refractivity contribution in [1.82, 2.24) is 5.32 Å². The number of nitrogens with two attached hydrogens (primary N) is 1. The van der Waals surface area contributed by atoms with E-state index in [2.05, 4.69) is 33.0 Å². The van der Waals surface area contributed by atoms with Gasteiger partial charge in [-0.25, -0.2) is 0 Å². The fourth-order valence-corrected chi connectivity index (χ4v) is 2.98. The Bertz CT molecular complexity index is 428. The molecule has 0 radical (unpaired) electrons. The van der Waals surface area contributed by atoms with E-state index < -0.39 is 5.54 Å². The molecule has 1 amide bonds. The molecule has 1 atom stereocenters. The second-order valence-corrected chi connectivity index (χ2v) is 7.77. The van der Waals surface area contributed by atoms with Gasteiger partial charge in [0.1, 0.15) is 5.54 Å². The zero-order valence-corrected chi connectivity index (χ0v) is 13.7. The number of thioether (sulfide) groups is 1. The van der Waals surface area contributed by atoms with E-state index in [4.69, 9.17) is 5.73 Å². The molecule has 0 aromatic heterocycles. The van der Waals surface area contributed by atoms with Crippen molar-refractivity contribution in [3.63, 3.8) is 0 Å². The van der Waals surface area contributed by atoms with Crippen LogP contribution in [0.5, 0.6) is 0 Å². The van der Waals surface area contributed by atoms with Crippen molar-refractivity contribution in [3.05, 3.63) is 35.9 Å². The van der Waals surface area contributed by atoms with Crippen molar-refractivity contribution in [2.75, 3.05) is 12.3 Å². The number of nitrogens with one attached hydrogen (secondary N) is 1. The topological polar surface area (TPSA) is 55.1 Å². The monoisotopic (exact) mass is 294 g/mol. The zero-order valence-electron chi connectivity index (χ0n) is 12.9. The number of amides is 1. The molecular weight excluding hydrogens is 268 g/mol.